The van der Waals surface area contributed by atoms with Gasteiger partial charge < -0.3 is 14.2 Å². The third kappa shape index (κ3) is 6.95. The van der Waals surface area contributed by atoms with Gasteiger partial charge in [-0.25, -0.2) is 9.59 Å². The van der Waals surface area contributed by atoms with Gasteiger partial charge in [0.15, 0.2) is 0 Å². The van der Waals surface area contributed by atoms with E-state index >= 15 is 0 Å². The summed E-state index contributed by atoms with van der Waals surface area (Å²) in [5.74, 6) is 0.150. The van der Waals surface area contributed by atoms with Crippen molar-refractivity contribution in [3.05, 3.63) is 94.0 Å². The molecule has 0 amide bonds. The third-order valence-electron chi connectivity index (χ3n) is 4.50. The van der Waals surface area contributed by atoms with Crippen LogP contribution in [0.3, 0.4) is 0 Å². The number of rotatable bonds is 9. The van der Waals surface area contributed by atoms with Crippen molar-refractivity contribution >= 4 is 27.9 Å². The minimum absolute atomic E-state index is 0.293. The first-order valence-electron chi connectivity index (χ1n) is 10.4. The highest BCUT2D eigenvalue weighted by atomic mass is 79.9. The van der Waals surface area contributed by atoms with E-state index in [0.717, 1.165) is 10.0 Å². The van der Waals surface area contributed by atoms with Gasteiger partial charge >= 0.3 is 11.9 Å². The van der Waals surface area contributed by atoms with Crippen LogP contribution in [0.4, 0.5) is 0 Å². The largest absolute Gasteiger partial charge is 0.492 e. The molecule has 0 fully saturated rings. The molecule has 0 atom stereocenters. The van der Waals surface area contributed by atoms with Crippen LogP contribution < -0.4 is 9.47 Å². The number of carbonyl (C=O) groups is 2. The van der Waals surface area contributed by atoms with Gasteiger partial charge in [0.25, 0.3) is 0 Å². The lowest BCUT2D eigenvalue weighted by molar-refractivity contribution is 0.0509. The van der Waals surface area contributed by atoms with Crippen molar-refractivity contribution in [2.75, 3.05) is 13.2 Å². The Labute approximate surface area is 196 Å². The highest BCUT2D eigenvalue weighted by molar-refractivity contribution is 9.10. The average Bonchev–Trinajstić information content (AvgIpc) is 2.79. The molecular weight excluding hydrogens is 472 g/mol. The van der Waals surface area contributed by atoms with Gasteiger partial charge in [-0.1, -0.05) is 60.1 Å². The Hall–Kier alpha value is -3.12. The van der Waals surface area contributed by atoms with Gasteiger partial charge in [0.1, 0.15) is 17.1 Å². The Balaban J connectivity index is 1.58. The zero-order valence-corrected chi connectivity index (χ0v) is 19.6. The predicted octanol–water partition coefficient (Wildman–Crippen LogP) is 6.10. The van der Waals surface area contributed by atoms with Gasteiger partial charge in [0, 0.05) is 10.9 Å². The van der Waals surface area contributed by atoms with Crippen molar-refractivity contribution < 1.29 is 23.8 Å². The molecule has 0 heterocycles. The van der Waals surface area contributed by atoms with Crippen molar-refractivity contribution in [1.29, 1.82) is 0 Å². The Morgan fingerprint density at radius 2 is 1.62 bits per heavy atom. The topological polar surface area (TPSA) is 61.8 Å². The van der Waals surface area contributed by atoms with Crippen LogP contribution in [0, 0.1) is 5.92 Å². The maximum absolute atomic E-state index is 12.7. The van der Waals surface area contributed by atoms with E-state index in [9.17, 15) is 9.59 Å². The predicted molar refractivity (Wildman–Crippen MR) is 126 cm³/mol. The van der Waals surface area contributed by atoms with E-state index in [1.807, 2.05) is 50.2 Å². The summed E-state index contributed by atoms with van der Waals surface area (Å²) < 4.78 is 17.3. The van der Waals surface area contributed by atoms with Crippen molar-refractivity contribution in [3.63, 3.8) is 0 Å². The minimum Gasteiger partial charge on any atom is -0.492 e. The maximum atomic E-state index is 12.7. The molecule has 3 aromatic carbocycles. The van der Waals surface area contributed by atoms with Crippen molar-refractivity contribution in [2.24, 2.45) is 5.92 Å². The first-order chi connectivity index (χ1) is 15.4. The SMILES string of the molecule is CC(C)COc1ccc(Br)cc1C(=O)Oc1ccc(C(=O)OCCc2ccccc2)cc1. The number of hydrogen-bond acceptors (Lipinski definition) is 5. The molecule has 0 saturated heterocycles. The molecule has 0 aliphatic rings. The normalized spacial score (nSPS) is 10.6. The zero-order chi connectivity index (χ0) is 22.9. The van der Waals surface area contributed by atoms with Gasteiger partial charge in [-0.15, -0.1) is 0 Å². The summed E-state index contributed by atoms with van der Waals surface area (Å²) in [4.78, 5) is 25.0. The summed E-state index contributed by atoms with van der Waals surface area (Å²) in [7, 11) is 0. The molecule has 3 rings (SSSR count). The van der Waals surface area contributed by atoms with Crippen LogP contribution in [0.5, 0.6) is 11.5 Å². The second-order valence-corrected chi connectivity index (χ2v) is 8.55. The van der Waals surface area contributed by atoms with Crippen LogP contribution in [-0.4, -0.2) is 25.2 Å². The van der Waals surface area contributed by atoms with Crippen LogP contribution in [-0.2, 0) is 11.2 Å². The van der Waals surface area contributed by atoms with Gasteiger partial charge in [-0.05, 0) is 53.9 Å². The Kier molecular flexibility index (Phi) is 8.45. The summed E-state index contributed by atoms with van der Waals surface area (Å²) in [6.07, 6.45) is 0.649. The van der Waals surface area contributed by atoms with Crippen molar-refractivity contribution in [1.82, 2.24) is 0 Å². The first-order valence-corrected chi connectivity index (χ1v) is 11.2. The van der Waals surface area contributed by atoms with Gasteiger partial charge in [0.2, 0.25) is 0 Å². The summed E-state index contributed by atoms with van der Waals surface area (Å²) in [6, 6.07) is 21.3. The Morgan fingerprint density at radius 3 is 2.31 bits per heavy atom. The summed E-state index contributed by atoms with van der Waals surface area (Å²) in [5.41, 5.74) is 1.82. The second kappa shape index (κ2) is 11.5. The quantitative estimate of drug-likeness (QED) is 0.264. The summed E-state index contributed by atoms with van der Waals surface area (Å²) >= 11 is 3.38. The molecule has 0 unspecified atom stereocenters. The first kappa shape index (κ1) is 23.5. The molecule has 0 aliphatic heterocycles. The van der Waals surface area contributed by atoms with E-state index in [1.165, 1.54) is 0 Å². The molecule has 6 heteroatoms. The molecular formula is C26H25BrO5. The fourth-order valence-corrected chi connectivity index (χ4v) is 3.22. The molecule has 0 aromatic heterocycles. The second-order valence-electron chi connectivity index (χ2n) is 7.63. The van der Waals surface area contributed by atoms with E-state index < -0.39 is 11.9 Å². The van der Waals surface area contributed by atoms with E-state index in [2.05, 4.69) is 15.9 Å². The number of esters is 2. The number of ether oxygens (including phenoxy) is 3. The lowest BCUT2D eigenvalue weighted by atomic mass is 10.2. The van der Waals surface area contributed by atoms with E-state index in [4.69, 9.17) is 14.2 Å². The Morgan fingerprint density at radius 1 is 0.906 bits per heavy atom. The molecule has 3 aromatic rings. The molecule has 5 nitrogen and oxygen atoms in total. The molecule has 0 bridgehead atoms. The third-order valence-corrected chi connectivity index (χ3v) is 4.99. The lowest BCUT2D eigenvalue weighted by Crippen LogP contribution is -2.13. The number of halogens is 1. The fourth-order valence-electron chi connectivity index (χ4n) is 2.85. The summed E-state index contributed by atoms with van der Waals surface area (Å²) in [6.45, 7) is 4.85. The van der Waals surface area contributed by atoms with Crippen molar-refractivity contribution in [3.8, 4) is 11.5 Å². The molecule has 166 valence electrons. The van der Waals surface area contributed by atoms with E-state index in [1.54, 1.807) is 36.4 Å². The fraction of sp³-hybridized carbons (Fsp3) is 0.231. The number of carbonyl (C=O) groups excluding carboxylic acids is 2. The Bertz CT molecular complexity index is 1050. The smallest absolute Gasteiger partial charge is 0.347 e. The number of hydrogen-bond donors (Lipinski definition) is 0. The van der Waals surface area contributed by atoms with Gasteiger partial charge in [-0.2, -0.15) is 0 Å². The zero-order valence-electron chi connectivity index (χ0n) is 18.0. The van der Waals surface area contributed by atoms with Gasteiger partial charge in [0.05, 0.1) is 18.8 Å². The summed E-state index contributed by atoms with van der Waals surface area (Å²) in [5, 5.41) is 0. The van der Waals surface area contributed by atoms with E-state index in [-0.39, 0.29) is 0 Å². The molecule has 32 heavy (non-hydrogen) atoms. The average molecular weight is 497 g/mol. The van der Waals surface area contributed by atoms with Crippen LogP contribution >= 0.6 is 15.9 Å². The van der Waals surface area contributed by atoms with Crippen LogP contribution in [0.2, 0.25) is 0 Å². The van der Waals surface area contributed by atoms with Gasteiger partial charge in [-0.3, -0.25) is 0 Å². The molecule has 0 aliphatic carbocycles. The molecule has 0 spiro atoms. The maximum Gasteiger partial charge on any atom is 0.347 e. The standard InChI is InChI=1S/C26H25BrO5/c1-18(2)17-31-24-13-10-21(27)16-23(24)26(29)32-22-11-8-20(9-12-22)25(28)30-15-14-19-6-4-3-5-7-19/h3-13,16,18H,14-15,17H2,1-2H3. The van der Waals surface area contributed by atoms with Crippen LogP contribution in [0.1, 0.15) is 40.1 Å². The molecule has 0 saturated carbocycles. The van der Waals surface area contributed by atoms with Crippen molar-refractivity contribution in [2.45, 2.75) is 20.3 Å². The monoisotopic (exact) mass is 496 g/mol. The highest BCUT2D eigenvalue weighted by Crippen LogP contribution is 2.26. The number of benzene rings is 3. The minimum atomic E-state index is -0.539. The highest BCUT2D eigenvalue weighted by Gasteiger charge is 2.17. The van der Waals surface area contributed by atoms with Crippen LogP contribution in [0.25, 0.3) is 0 Å². The van der Waals surface area contributed by atoms with E-state index in [0.29, 0.717) is 48.2 Å². The molecule has 0 N–H and O–H groups in total. The van der Waals surface area contributed by atoms with Crippen LogP contribution in [0.15, 0.2) is 77.3 Å². The lowest BCUT2D eigenvalue weighted by Gasteiger charge is -2.13. The molecule has 0 radical (unpaired) electrons.